The van der Waals surface area contributed by atoms with Gasteiger partial charge in [-0.15, -0.1) is 0 Å². The number of carbonyl (C=O) groups excluding carboxylic acids is 1. The topological polar surface area (TPSA) is 63.7 Å². The summed E-state index contributed by atoms with van der Waals surface area (Å²) in [6, 6.07) is 7.09. The Balaban J connectivity index is 2.93. The van der Waals surface area contributed by atoms with Gasteiger partial charge in [0.25, 0.3) is 0 Å². The van der Waals surface area contributed by atoms with Crippen LogP contribution in [-0.2, 0) is 21.5 Å². The third kappa shape index (κ3) is 8.63. The van der Waals surface area contributed by atoms with Gasteiger partial charge < -0.3 is 9.08 Å². The number of benzene rings is 1. The molecule has 0 saturated carbocycles. The van der Waals surface area contributed by atoms with Gasteiger partial charge in [0.05, 0.1) is 5.75 Å². The predicted molar refractivity (Wildman–Crippen MR) is 115 cm³/mol. The Hall–Kier alpha value is -1.56. The van der Waals surface area contributed by atoms with E-state index in [0.717, 1.165) is 18.4 Å². The predicted octanol–water partition coefficient (Wildman–Crippen LogP) is 5.00. The van der Waals surface area contributed by atoms with E-state index in [9.17, 15) is 13.2 Å². The van der Waals surface area contributed by atoms with E-state index in [4.69, 9.17) is 4.18 Å². The maximum atomic E-state index is 13.0. The molecule has 0 spiro atoms. The van der Waals surface area contributed by atoms with E-state index in [2.05, 4.69) is 34.6 Å². The van der Waals surface area contributed by atoms with Crippen LogP contribution in [-0.4, -0.2) is 31.0 Å². The monoisotopic (exact) mass is 411 g/mol. The van der Waals surface area contributed by atoms with Crippen molar-refractivity contribution in [3.63, 3.8) is 0 Å². The van der Waals surface area contributed by atoms with E-state index in [0.29, 0.717) is 18.9 Å². The van der Waals surface area contributed by atoms with Crippen LogP contribution in [0.2, 0.25) is 0 Å². The second-order valence-electron chi connectivity index (χ2n) is 8.93. The molecule has 0 unspecified atom stereocenters. The van der Waals surface area contributed by atoms with Gasteiger partial charge in [0.1, 0.15) is 5.75 Å². The zero-order chi connectivity index (χ0) is 21.5. The maximum absolute atomic E-state index is 13.0. The molecule has 1 aromatic rings. The molecule has 0 aliphatic heterocycles. The van der Waals surface area contributed by atoms with Crippen molar-refractivity contribution >= 4 is 16.0 Å². The van der Waals surface area contributed by atoms with E-state index in [1.54, 1.807) is 25.1 Å². The first-order chi connectivity index (χ1) is 12.9. The van der Waals surface area contributed by atoms with Crippen molar-refractivity contribution < 1.29 is 17.4 Å². The first kappa shape index (κ1) is 24.5. The number of nitrogens with zero attached hydrogens (tertiary/aromatic N) is 1. The molecule has 1 amide bonds. The first-order valence-electron chi connectivity index (χ1n) is 10.2. The minimum Gasteiger partial charge on any atom is -0.382 e. The highest BCUT2D eigenvalue weighted by molar-refractivity contribution is 7.87. The Morgan fingerprint density at radius 3 is 2.36 bits per heavy atom. The van der Waals surface area contributed by atoms with Gasteiger partial charge in [-0.3, -0.25) is 4.79 Å². The van der Waals surface area contributed by atoms with Crippen molar-refractivity contribution in [3.8, 4) is 5.75 Å². The average molecular weight is 412 g/mol. The van der Waals surface area contributed by atoms with Gasteiger partial charge in [0, 0.05) is 19.0 Å². The normalized spacial score (nSPS) is 14.4. The zero-order valence-corrected chi connectivity index (χ0v) is 19.3. The highest BCUT2D eigenvalue weighted by atomic mass is 32.2. The van der Waals surface area contributed by atoms with Crippen molar-refractivity contribution in [1.82, 2.24) is 4.90 Å². The van der Waals surface area contributed by atoms with Gasteiger partial charge >= 0.3 is 10.1 Å². The summed E-state index contributed by atoms with van der Waals surface area (Å²) in [6.07, 6.45) is 2.37. The SMILES string of the molecule is CC[C@@H](C)N(Cc1cccc(OS(=O)(=O)CC)c1)C(=O)C[C@H](C)CC(C)(C)C. The zero-order valence-electron chi connectivity index (χ0n) is 18.5. The molecule has 5 nitrogen and oxygen atoms in total. The van der Waals surface area contributed by atoms with Crippen LogP contribution in [0.1, 0.15) is 73.3 Å². The summed E-state index contributed by atoms with van der Waals surface area (Å²) in [4.78, 5) is 14.9. The number of amides is 1. The van der Waals surface area contributed by atoms with Crippen molar-refractivity contribution in [2.24, 2.45) is 11.3 Å². The van der Waals surface area contributed by atoms with Gasteiger partial charge in [0.2, 0.25) is 5.91 Å². The molecule has 160 valence electrons. The lowest BCUT2D eigenvalue weighted by molar-refractivity contribution is -0.135. The van der Waals surface area contributed by atoms with E-state index in [-0.39, 0.29) is 28.9 Å². The molecule has 0 aromatic heterocycles. The summed E-state index contributed by atoms with van der Waals surface area (Å²) in [5.41, 5.74) is 1.05. The minimum absolute atomic E-state index is 0.0830. The van der Waals surface area contributed by atoms with Gasteiger partial charge in [-0.05, 0) is 55.7 Å². The highest BCUT2D eigenvalue weighted by Gasteiger charge is 2.24. The Labute approximate surface area is 171 Å². The van der Waals surface area contributed by atoms with Gasteiger partial charge in [-0.1, -0.05) is 46.8 Å². The van der Waals surface area contributed by atoms with E-state index in [1.807, 2.05) is 17.9 Å². The lowest BCUT2D eigenvalue weighted by Gasteiger charge is -2.31. The van der Waals surface area contributed by atoms with Crippen molar-refractivity contribution in [2.45, 2.75) is 80.3 Å². The van der Waals surface area contributed by atoms with Crippen LogP contribution < -0.4 is 4.18 Å². The lowest BCUT2D eigenvalue weighted by Crippen LogP contribution is -2.38. The fraction of sp³-hybridized carbons (Fsp3) is 0.682. The van der Waals surface area contributed by atoms with Crippen LogP contribution in [0.5, 0.6) is 5.75 Å². The fourth-order valence-electron chi connectivity index (χ4n) is 3.34. The summed E-state index contributed by atoms with van der Waals surface area (Å²) in [7, 11) is -3.57. The van der Waals surface area contributed by atoms with Crippen LogP contribution in [0.3, 0.4) is 0 Å². The number of carbonyl (C=O) groups is 1. The fourth-order valence-corrected chi connectivity index (χ4v) is 3.86. The molecule has 6 heteroatoms. The molecule has 0 fully saturated rings. The molecule has 0 N–H and O–H groups in total. The molecule has 0 heterocycles. The Morgan fingerprint density at radius 2 is 1.82 bits per heavy atom. The van der Waals surface area contributed by atoms with Crippen molar-refractivity contribution in [2.75, 3.05) is 5.75 Å². The first-order valence-corrected chi connectivity index (χ1v) is 11.7. The van der Waals surface area contributed by atoms with Gasteiger partial charge in [-0.25, -0.2) is 0 Å². The summed E-state index contributed by atoms with van der Waals surface area (Å²) in [5, 5.41) is 0. The standard InChI is InChI=1S/C22H37NO4S/c1-8-18(4)23(21(24)13-17(3)15-22(5,6)7)16-19-11-10-12-20(14-19)27-28(25,26)9-2/h10-12,14,17-18H,8-9,13,15-16H2,1-7H3/t17-,18+/m0/s1. The Morgan fingerprint density at radius 1 is 1.18 bits per heavy atom. The molecular weight excluding hydrogens is 374 g/mol. The Bertz CT molecular complexity index is 737. The summed E-state index contributed by atoms with van der Waals surface area (Å²) < 4.78 is 28.5. The number of rotatable bonds is 10. The molecule has 2 atom stereocenters. The smallest absolute Gasteiger partial charge is 0.308 e. The summed E-state index contributed by atoms with van der Waals surface area (Å²) in [6.45, 7) is 14.8. The van der Waals surface area contributed by atoms with Crippen LogP contribution in [0, 0.1) is 11.3 Å². The Kier molecular flexibility index (Phi) is 8.99. The second-order valence-corrected chi connectivity index (χ2v) is 10.8. The maximum Gasteiger partial charge on any atom is 0.308 e. The number of hydrogen-bond donors (Lipinski definition) is 0. The molecule has 28 heavy (non-hydrogen) atoms. The lowest BCUT2D eigenvalue weighted by atomic mass is 9.84. The molecule has 0 aliphatic carbocycles. The minimum atomic E-state index is -3.57. The summed E-state index contributed by atoms with van der Waals surface area (Å²) >= 11 is 0. The van der Waals surface area contributed by atoms with E-state index < -0.39 is 10.1 Å². The molecule has 1 rings (SSSR count). The van der Waals surface area contributed by atoms with Gasteiger partial charge in [0.15, 0.2) is 0 Å². The molecule has 0 bridgehead atoms. The van der Waals surface area contributed by atoms with E-state index >= 15 is 0 Å². The van der Waals surface area contributed by atoms with Crippen molar-refractivity contribution in [3.05, 3.63) is 29.8 Å². The van der Waals surface area contributed by atoms with E-state index in [1.165, 1.54) is 0 Å². The molecular formula is C22H37NO4S. The quantitative estimate of drug-likeness (QED) is 0.508. The van der Waals surface area contributed by atoms with Crippen LogP contribution in [0.25, 0.3) is 0 Å². The van der Waals surface area contributed by atoms with Crippen LogP contribution in [0.4, 0.5) is 0 Å². The molecule has 0 saturated heterocycles. The van der Waals surface area contributed by atoms with Crippen molar-refractivity contribution in [1.29, 1.82) is 0 Å². The average Bonchev–Trinajstić information content (AvgIpc) is 2.57. The largest absolute Gasteiger partial charge is 0.382 e. The van der Waals surface area contributed by atoms with Gasteiger partial charge in [-0.2, -0.15) is 8.42 Å². The van der Waals surface area contributed by atoms with Crippen LogP contribution in [0.15, 0.2) is 24.3 Å². The second kappa shape index (κ2) is 10.3. The molecule has 0 aliphatic rings. The third-order valence-corrected chi connectivity index (χ3v) is 5.91. The third-order valence-electron chi connectivity index (χ3n) is 4.76. The highest BCUT2D eigenvalue weighted by Crippen LogP contribution is 2.27. The summed E-state index contributed by atoms with van der Waals surface area (Å²) in [5.74, 6) is 0.652. The number of hydrogen-bond acceptors (Lipinski definition) is 4. The molecule has 1 aromatic carbocycles. The van der Waals surface area contributed by atoms with Crippen LogP contribution >= 0.6 is 0 Å². The molecule has 0 radical (unpaired) electrons.